The maximum atomic E-state index is 10.2. The monoisotopic (exact) mass is 290 g/mol. The lowest BCUT2D eigenvalue weighted by Crippen LogP contribution is -2.30. The molecule has 0 aromatic heterocycles. The molecule has 21 heavy (non-hydrogen) atoms. The predicted octanol–water partition coefficient (Wildman–Crippen LogP) is 1.55. The van der Waals surface area contributed by atoms with Gasteiger partial charge < -0.3 is 30.3 Å². The van der Waals surface area contributed by atoms with E-state index in [1.165, 1.54) is 30.3 Å². The number of ether oxygens (including phenoxy) is 1. The van der Waals surface area contributed by atoms with Crippen LogP contribution in [0.3, 0.4) is 0 Å². The molecule has 0 unspecified atom stereocenters. The molecule has 3 rings (SSSR count). The number of phenols is 4. The number of hydrogen-bond acceptors (Lipinski definition) is 6. The molecular formula is C15H14O6. The molecule has 0 bridgehead atoms. The highest BCUT2D eigenvalue weighted by molar-refractivity contribution is 5.51. The Labute approximate surface area is 120 Å². The molecule has 0 saturated carbocycles. The Bertz CT molecular complexity index is 697. The molecule has 0 radical (unpaired) electrons. The van der Waals surface area contributed by atoms with Gasteiger partial charge in [0.25, 0.3) is 0 Å². The van der Waals surface area contributed by atoms with Gasteiger partial charge in [-0.15, -0.1) is 0 Å². The number of aliphatic hydroxyl groups is 1. The predicted molar refractivity (Wildman–Crippen MR) is 72.6 cm³/mol. The summed E-state index contributed by atoms with van der Waals surface area (Å²) < 4.78 is 5.65. The second kappa shape index (κ2) is 4.75. The van der Waals surface area contributed by atoms with Crippen LogP contribution >= 0.6 is 0 Å². The fourth-order valence-electron chi connectivity index (χ4n) is 2.43. The van der Waals surface area contributed by atoms with Crippen molar-refractivity contribution in [3.63, 3.8) is 0 Å². The van der Waals surface area contributed by atoms with Gasteiger partial charge in [0.2, 0.25) is 0 Å². The van der Waals surface area contributed by atoms with Crippen LogP contribution in [0.1, 0.15) is 17.2 Å². The van der Waals surface area contributed by atoms with Gasteiger partial charge in [0.15, 0.2) is 23.0 Å². The zero-order chi connectivity index (χ0) is 15.1. The van der Waals surface area contributed by atoms with E-state index in [-0.39, 0.29) is 29.4 Å². The Hall–Kier alpha value is -2.60. The summed E-state index contributed by atoms with van der Waals surface area (Å²) >= 11 is 0. The first-order valence-corrected chi connectivity index (χ1v) is 6.37. The molecule has 1 heterocycles. The van der Waals surface area contributed by atoms with E-state index in [2.05, 4.69) is 0 Å². The van der Waals surface area contributed by atoms with Crippen molar-refractivity contribution in [3.8, 4) is 28.7 Å². The van der Waals surface area contributed by atoms with Gasteiger partial charge in [-0.3, -0.25) is 0 Å². The van der Waals surface area contributed by atoms with Gasteiger partial charge in [0, 0.05) is 18.1 Å². The van der Waals surface area contributed by atoms with Crippen molar-refractivity contribution in [1.82, 2.24) is 0 Å². The number of aromatic hydroxyl groups is 4. The molecular weight excluding hydrogens is 276 g/mol. The zero-order valence-electron chi connectivity index (χ0n) is 10.9. The molecule has 0 fully saturated rings. The topological polar surface area (TPSA) is 110 Å². The smallest absolute Gasteiger partial charge is 0.161 e. The third kappa shape index (κ3) is 2.30. The van der Waals surface area contributed by atoms with Crippen molar-refractivity contribution < 1.29 is 30.3 Å². The van der Waals surface area contributed by atoms with Crippen molar-refractivity contribution in [2.45, 2.75) is 18.6 Å². The van der Waals surface area contributed by atoms with Crippen molar-refractivity contribution in [2.24, 2.45) is 0 Å². The number of fused-ring (bicyclic) bond motifs is 1. The molecule has 5 N–H and O–H groups in total. The summed E-state index contributed by atoms with van der Waals surface area (Å²) in [4.78, 5) is 0. The Morgan fingerprint density at radius 1 is 0.857 bits per heavy atom. The molecule has 2 atom stereocenters. The molecule has 0 saturated heterocycles. The average Bonchev–Trinajstić information content (AvgIpc) is 2.43. The summed E-state index contributed by atoms with van der Waals surface area (Å²) in [6.45, 7) is 0. The van der Waals surface area contributed by atoms with Crippen molar-refractivity contribution >= 4 is 0 Å². The maximum absolute atomic E-state index is 10.2. The van der Waals surface area contributed by atoms with Crippen LogP contribution in [-0.2, 0) is 6.42 Å². The van der Waals surface area contributed by atoms with E-state index in [4.69, 9.17) is 4.74 Å². The third-order valence-electron chi connectivity index (χ3n) is 3.52. The van der Waals surface area contributed by atoms with Crippen LogP contribution in [0.15, 0.2) is 30.3 Å². The lowest BCUT2D eigenvalue weighted by molar-refractivity contribution is 0.0204. The van der Waals surface area contributed by atoms with Gasteiger partial charge in [-0.25, -0.2) is 0 Å². The maximum Gasteiger partial charge on any atom is 0.161 e. The van der Waals surface area contributed by atoms with Crippen molar-refractivity contribution in [2.75, 3.05) is 0 Å². The molecule has 2 aromatic carbocycles. The van der Waals surface area contributed by atoms with Crippen LogP contribution < -0.4 is 4.74 Å². The van der Waals surface area contributed by atoms with Crippen molar-refractivity contribution in [3.05, 3.63) is 41.5 Å². The van der Waals surface area contributed by atoms with E-state index in [9.17, 15) is 25.5 Å². The first-order chi connectivity index (χ1) is 9.95. The lowest BCUT2D eigenvalue weighted by atomic mass is 9.94. The van der Waals surface area contributed by atoms with Crippen molar-refractivity contribution in [1.29, 1.82) is 0 Å². The molecule has 6 heteroatoms. The van der Waals surface area contributed by atoms with Gasteiger partial charge in [-0.2, -0.15) is 0 Å². The summed E-state index contributed by atoms with van der Waals surface area (Å²) in [7, 11) is 0. The molecule has 0 spiro atoms. The Morgan fingerprint density at radius 2 is 1.52 bits per heavy atom. The van der Waals surface area contributed by atoms with Crippen LogP contribution in [0.4, 0.5) is 0 Å². The van der Waals surface area contributed by atoms with Crippen LogP contribution in [0.2, 0.25) is 0 Å². The normalized spacial score (nSPS) is 20.6. The zero-order valence-corrected chi connectivity index (χ0v) is 10.9. The standard InChI is InChI=1S/C15H14O6/c16-9-2-1-7(3-10(9)17)15-13(20)5-8-4-11(18)12(19)6-14(8)21-15/h1-4,6,13,15-20H,5H2/t13-,15-/m1/s1. The van der Waals surface area contributed by atoms with Gasteiger partial charge in [-0.05, 0) is 23.8 Å². The Morgan fingerprint density at radius 3 is 2.24 bits per heavy atom. The molecule has 2 aromatic rings. The molecule has 0 aliphatic carbocycles. The number of phenolic OH excluding ortho intramolecular Hbond substituents is 4. The van der Waals surface area contributed by atoms with Gasteiger partial charge in [0.05, 0.1) is 6.10 Å². The minimum Gasteiger partial charge on any atom is -0.504 e. The number of hydrogen-bond donors (Lipinski definition) is 5. The molecule has 6 nitrogen and oxygen atoms in total. The first-order valence-electron chi connectivity index (χ1n) is 6.37. The van der Waals surface area contributed by atoms with Gasteiger partial charge >= 0.3 is 0 Å². The summed E-state index contributed by atoms with van der Waals surface area (Å²) in [6, 6.07) is 6.79. The highest BCUT2D eigenvalue weighted by Gasteiger charge is 2.31. The minimum absolute atomic E-state index is 0.232. The number of aliphatic hydroxyl groups excluding tert-OH is 1. The van der Waals surface area contributed by atoms with Gasteiger partial charge in [-0.1, -0.05) is 6.07 Å². The fourth-order valence-corrected chi connectivity index (χ4v) is 2.43. The summed E-state index contributed by atoms with van der Waals surface area (Å²) in [6.07, 6.45) is -1.39. The Balaban J connectivity index is 1.98. The second-order valence-corrected chi connectivity index (χ2v) is 5.01. The van der Waals surface area contributed by atoms with Crippen LogP contribution in [0.5, 0.6) is 28.7 Å². The highest BCUT2D eigenvalue weighted by Crippen LogP contribution is 2.41. The SMILES string of the molecule is Oc1ccc([C@H]2Oc3cc(O)c(O)cc3C[C@H]2O)cc1O. The Kier molecular flexibility index (Phi) is 3.03. The number of rotatable bonds is 1. The first kappa shape index (κ1) is 13.4. The lowest BCUT2D eigenvalue weighted by Gasteiger charge is -2.31. The number of benzene rings is 2. The molecule has 1 aliphatic heterocycles. The van der Waals surface area contributed by atoms with E-state index in [1.54, 1.807) is 0 Å². The largest absolute Gasteiger partial charge is 0.504 e. The summed E-state index contributed by atoms with van der Waals surface area (Å²) in [5.74, 6) is -0.787. The van der Waals surface area contributed by atoms with E-state index < -0.39 is 12.2 Å². The van der Waals surface area contributed by atoms with Gasteiger partial charge in [0.1, 0.15) is 11.9 Å². The highest BCUT2D eigenvalue weighted by atomic mass is 16.5. The van der Waals surface area contributed by atoms with Crippen LogP contribution in [0.25, 0.3) is 0 Å². The quantitative estimate of drug-likeness (QED) is 0.510. The average molecular weight is 290 g/mol. The van der Waals surface area contributed by atoms with E-state index >= 15 is 0 Å². The summed E-state index contributed by atoms with van der Waals surface area (Å²) in [5.41, 5.74) is 1.08. The third-order valence-corrected chi connectivity index (χ3v) is 3.52. The molecule has 110 valence electrons. The fraction of sp³-hybridized carbons (Fsp3) is 0.200. The van der Waals surface area contributed by atoms with Crippen LogP contribution in [0, 0.1) is 0 Å². The van der Waals surface area contributed by atoms with E-state index in [0.29, 0.717) is 16.9 Å². The second-order valence-electron chi connectivity index (χ2n) is 5.01. The van der Waals surface area contributed by atoms with E-state index in [0.717, 1.165) is 0 Å². The van der Waals surface area contributed by atoms with Crippen LogP contribution in [-0.4, -0.2) is 31.6 Å². The molecule has 1 aliphatic rings. The molecule has 0 amide bonds. The minimum atomic E-state index is -0.884. The summed E-state index contributed by atoms with van der Waals surface area (Å²) in [5, 5.41) is 48.0. The van der Waals surface area contributed by atoms with E-state index in [1.807, 2.05) is 0 Å².